The van der Waals surface area contributed by atoms with Crippen molar-refractivity contribution < 1.29 is 27.5 Å². The van der Waals surface area contributed by atoms with Gasteiger partial charge in [0.25, 0.3) is 10.0 Å². The van der Waals surface area contributed by atoms with Gasteiger partial charge in [-0.15, -0.1) is 0 Å². The number of anilines is 2. The minimum atomic E-state index is -4.34. The van der Waals surface area contributed by atoms with Crippen LogP contribution in [0.3, 0.4) is 0 Å². The highest BCUT2D eigenvalue weighted by Crippen LogP contribution is 2.38. The van der Waals surface area contributed by atoms with Crippen molar-refractivity contribution in [3.05, 3.63) is 82.6 Å². The molecule has 2 heterocycles. The highest BCUT2D eigenvalue weighted by atomic mass is 35.5. The minimum Gasteiger partial charge on any atom is -0.467 e. The number of hydrogen-bond acceptors (Lipinski definition) is 7. The number of nitrogens with one attached hydrogen (secondary N) is 2. The van der Waals surface area contributed by atoms with Crippen molar-refractivity contribution in [3.8, 4) is 0 Å². The van der Waals surface area contributed by atoms with Crippen LogP contribution >= 0.6 is 11.6 Å². The molecule has 1 unspecified atom stereocenters. The largest absolute Gasteiger partial charge is 0.467 e. The molecule has 2 atom stereocenters. The van der Waals surface area contributed by atoms with Gasteiger partial charge in [-0.25, -0.2) is 13.2 Å². The average Bonchev–Trinajstić information content (AvgIpc) is 2.90. The minimum absolute atomic E-state index is 0.0376. The van der Waals surface area contributed by atoms with Crippen LogP contribution in [0.4, 0.5) is 11.4 Å². The molecular formula is C27H27ClN4O6S. The van der Waals surface area contributed by atoms with Gasteiger partial charge in [0.05, 0.1) is 29.8 Å². The van der Waals surface area contributed by atoms with Crippen LogP contribution in [0.5, 0.6) is 0 Å². The Balaban J connectivity index is 1.69. The Morgan fingerprint density at radius 1 is 1.13 bits per heavy atom. The van der Waals surface area contributed by atoms with Crippen LogP contribution in [0.2, 0.25) is 5.02 Å². The number of carbonyl (C=O) groups excluding carboxylic acids is 3. The Hall–Kier alpha value is -3.96. The van der Waals surface area contributed by atoms with Crippen molar-refractivity contribution >= 4 is 50.8 Å². The maximum Gasteiger partial charge on any atom is 0.328 e. The topological polar surface area (TPSA) is 135 Å². The van der Waals surface area contributed by atoms with Gasteiger partial charge in [-0.3, -0.25) is 18.9 Å². The molecule has 0 spiro atoms. The summed E-state index contributed by atoms with van der Waals surface area (Å²) in [4.78, 5) is 42.8. The number of hydrogen-bond donors (Lipinski definition) is 2. The highest BCUT2D eigenvalue weighted by molar-refractivity contribution is 7.93. The number of nitrogens with zero attached hydrogens (tertiary/aromatic N) is 2. The number of carbonyl (C=O) groups is 3. The van der Waals surface area contributed by atoms with Crippen LogP contribution in [0.15, 0.2) is 65.8 Å². The molecule has 1 aliphatic rings. The fourth-order valence-corrected chi connectivity index (χ4v) is 6.54. The molecule has 0 bridgehead atoms. The smallest absolute Gasteiger partial charge is 0.328 e. The maximum atomic E-state index is 14.1. The van der Waals surface area contributed by atoms with E-state index in [-0.39, 0.29) is 22.7 Å². The van der Waals surface area contributed by atoms with Crippen molar-refractivity contribution in [2.75, 3.05) is 16.7 Å². The van der Waals surface area contributed by atoms with Gasteiger partial charge in [-0.05, 0) is 66.9 Å². The summed E-state index contributed by atoms with van der Waals surface area (Å²) >= 11 is 6.20. The first-order valence-corrected chi connectivity index (χ1v) is 13.8. The molecule has 12 heteroatoms. The normalized spacial score (nSPS) is 15.6. The van der Waals surface area contributed by atoms with Gasteiger partial charge in [0, 0.05) is 23.8 Å². The van der Waals surface area contributed by atoms with Gasteiger partial charge in [0.2, 0.25) is 11.8 Å². The number of benzene rings is 2. The van der Waals surface area contributed by atoms with E-state index >= 15 is 0 Å². The summed E-state index contributed by atoms with van der Waals surface area (Å²) in [7, 11) is -3.14. The molecule has 10 nitrogen and oxygen atoms in total. The molecule has 4 rings (SSSR count). The van der Waals surface area contributed by atoms with Crippen molar-refractivity contribution in [1.82, 2.24) is 10.3 Å². The lowest BCUT2D eigenvalue weighted by Gasteiger charge is -2.37. The summed E-state index contributed by atoms with van der Waals surface area (Å²) in [6.45, 7) is 3.29. The van der Waals surface area contributed by atoms with Crippen LogP contribution in [0.1, 0.15) is 23.1 Å². The molecule has 3 aromatic rings. The number of sulfonamides is 1. The number of pyridine rings is 1. The van der Waals surface area contributed by atoms with Crippen molar-refractivity contribution in [3.63, 3.8) is 0 Å². The standard InChI is InChI=1S/C27H27ClN4O6S/c1-16-13-24(17(2)12-19(16)28)39(36,37)32-22-7-5-4-6-20(22)31-26(34)23(32)15-25(33)30-21(27(35)38-3)14-18-8-10-29-11-9-18/h4-13,21,23H,14-15H2,1-3H3,(H,30,33)(H,31,34)/t21?,23-/m1/s1. The van der Waals surface area contributed by atoms with Gasteiger partial charge in [0.15, 0.2) is 0 Å². The Kier molecular flexibility index (Phi) is 8.22. The molecule has 1 aliphatic heterocycles. The third-order valence-corrected chi connectivity index (χ3v) is 8.74. The first-order chi connectivity index (χ1) is 18.5. The number of para-hydroxylation sites is 2. The van der Waals surface area contributed by atoms with E-state index < -0.39 is 46.3 Å². The van der Waals surface area contributed by atoms with Crippen LogP contribution in [0.25, 0.3) is 0 Å². The molecule has 2 N–H and O–H groups in total. The van der Waals surface area contributed by atoms with Gasteiger partial charge < -0.3 is 15.4 Å². The fraction of sp³-hybridized carbons (Fsp3) is 0.259. The summed E-state index contributed by atoms with van der Waals surface area (Å²) in [6.07, 6.45) is 2.68. The van der Waals surface area contributed by atoms with Crippen LogP contribution in [-0.2, 0) is 35.6 Å². The average molecular weight is 571 g/mol. The number of amides is 2. The zero-order valence-electron chi connectivity index (χ0n) is 21.5. The van der Waals surface area contributed by atoms with E-state index in [4.69, 9.17) is 16.3 Å². The molecule has 1 aromatic heterocycles. The number of fused-ring (bicyclic) bond motifs is 1. The number of aryl methyl sites for hydroxylation is 2. The molecular weight excluding hydrogens is 544 g/mol. The molecule has 0 saturated carbocycles. The maximum absolute atomic E-state index is 14.1. The first kappa shape index (κ1) is 28.1. The third-order valence-electron chi connectivity index (χ3n) is 6.37. The quantitative estimate of drug-likeness (QED) is 0.397. The van der Waals surface area contributed by atoms with E-state index in [1.807, 2.05) is 0 Å². The summed E-state index contributed by atoms with van der Waals surface area (Å²) in [5.74, 6) is -2.07. The Labute approximate surface area is 231 Å². The number of halogens is 1. The second-order valence-corrected chi connectivity index (χ2v) is 11.3. The summed E-state index contributed by atoms with van der Waals surface area (Å²) < 4.78 is 34.0. The monoisotopic (exact) mass is 570 g/mol. The highest BCUT2D eigenvalue weighted by Gasteiger charge is 2.43. The van der Waals surface area contributed by atoms with Crippen molar-refractivity contribution in [2.24, 2.45) is 0 Å². The molecule has 0 aliphatic carbocycles. The summed E-state index contributed by atoms with van der Waals surface area (Å²) in [5.41, 5.74) is 2.16. The molecule has 39 heavy (non-hydrogen) atoms. The van der Waals surface area contributed by atoms with E-state index in [0.29, 0.717) is 16.1 Å². The van der Waals surface area contributed by atoms with Crippen LogP contribution < -0.4 is 14.9 Å². The molecule has 2 amide bonds. The SMILES string of the molecule is COC(=O)C(Cc1ccncc1)NC(=O)C[C@@H]1C(=O)Nc2ccccc2N1S(=O)(=O)c1cc(C)c(Cl)cc1C. The molecule has 0 saturated heterocycles. The van der Waals surface area contributed by atoms with Gasteiger partial charge >= 0.3 is 5.97 Å². The lowest BCUT2D eigenvalue weighted by atomic mass is 10.1. The zero-order chi connectivity index (χ0) is 28.3. The third kappa shape index (κ3) is 5.89. The predicted molar refractivity (Wildman–Crippen MR) is 146 cm³/mol. The van der Waals surface area contributed by atoms with E-state index in [2.05, 4.69) is 15.6 Å². The lowest BCUT2D eigenvalue weighted by molar-refractivity contribution is -0.145. The Bertz CT molecular complexity index is 1530. The lowest BCUT2D eigenvalue weighted by Crippen LogP contribution is -2.54. The van der Waals surface area contributed by atoms with E-state index in [9.17, 15) is 22.8 Å². The van der Waals surface area contributed by atoms with Crippen molar-refractivity contribution in [1.29, 1.82) is 0 Å². The van der Waals surface area contributed by atoms with E-state index in [1.165, 1.54) is 13.2 Å². The molecule has 0 radical (unpaired) electrons. The second-order valence-electron chi connectivity index (χ2n) is 9.10. The van der Waals surface area contributed by atoms with Gasteiger partial charge in [-0.2, -0.15) is 0 Å². The van der Waals surface area contributed by atoms with Gasteiger partial charge in [0.1, 0.15) is 12.1 Å². The molecule has 204 valence electrons. The number of aromatic nitrogens is 1. The first-order valence-electron chi connectivity index (χ1n) is 12.0. The Morgan fingerprint density at radius 2 is 1.82 bits per heavy atom. The summed E-state index contributed by atoms with van der Waals surface area (Å²) in [6, 6.07) is 10.3. The second kappa shape index (κ2) is 11.4. The molecule has 2 aromatic carbocycles. The number of ether oxygens (including phenoxy) is 1. The predicted octanol–water partition coefficient (Wildman–Crippen LogP) is 3.16. The Morgan fingerprint density at radius 3 is 2.51 bits per heavy atom. The van der Waals surface area contributed by atoms with E-state index in [1.54, 1.807) is 68.7 Å². The zero-order valence-corrected chi connectivity index (χ0v) is 23.0. The number of rotatable bonds is 8. The number of methoxy groups -OCH3 is 1. The number of esters is 1. The van der Waals surface area contributed by atoms with Gasteiger partial charge in [-0.1, -0.05) is 23.7 Å². The van der Waals surface area contributed by atoms with Crippen LogP contribution in [-0.4, -0.2) is 50.4 Å². The van der Waals surface area contributed by atoms with Crippen molar-refractivity contribution in [2.45, 2.75) is 43.7 Å². The van der Waals surface area contributed by atoms with E-state index in [0.717, 1.165) is 9.87 Å². The molecule has 0 fully saturated rings. The fourth-order valence-electron chi connectivity index (χ4n) is 4.39. The van der Waals surface area contributed by atoms with Crippen LogP contribution in [0, 0.1) is 13.8 Å². The summed E-state index contributed by atoms with van der Waals surface area (Å²) in [5, 5.41) is 5.69.